The van der Waals surface area contributed by atoms with Gasteiger partial charge in [-0.05, 0) is 12.1 Å². The first-order valence-corrected chi connectivity index (χ1v) is 7.78. The highest BCUT2D eigenvalue weighted by atomic mass is 79.9. The van der Waals surface area contributed by atoms with Gasteiger partial charge < -0.3 is 15.4 Å². The van der Waals surface area contributed by atoms with Crippen LogP contribution in [0.5, 0.6) is 0 Å². The lowest BCUT2D eigenvalue weighted by Crippen LogP contribution is -2.30. The number of amides is 1. The number of carbonyl (C=O) groups is 1. The van der Waals surface area contributed by atoms with Crippen LogP contribution in [0.3, 0.4) is 0 Å². The quantitative estimate of drug-likeness (QED) is 0.400. The topological polar surface area (TPSA) is 111 Å². The van der Waals surface area contributed by atoms with Gasteiger partial charge in [-0.1, -0.05) is 15.9 Å². The molecule has 24 heavy (non-hydrogen) atoms. The van der Waals surface area contributed by atoms with E-state index in [-0.39, 0.29) is 18.1 Å². The molecule has 0 fully saturated rings. The smallest absolute Gasteiger partial charge is 0.293 e. The van der Waals surface area contributed by atoms with Crippen molar-refractivity contribution in [3.8, 4) is 0 Å². The van der Waals surface area contributed by atoms with E-state index in [0.29, 0.717) is 29.0 Å². The minimum Gasteiger partial charge on any atom is -0.383 e. The number of methoxy groups -OCH3 is 1. The Morgan fingerprint density at radius 2 is 2.29 bits per heavy atom. The molecule has 1 heterocycles. The number of nitrogens with zero attached hydrogens (tertiary/aromatic N) is 3. The molecule has 0 spiro atoms. The van der Waals surface area contributed by atoms with E-state index in [0.717, 1.165) is 0 Å². The number of benzene rings is 1. The Hall–Kier alpha value is -2.46. The van der Waals surface area contributed by atoms with Crippen LogP contribution in [-0.2, 0) is 16.1 Å². The minimum atomic E-state index is -0.471. The maximum atomic E-state index is 11.7. The molecule has 0 saturated carbocycles. The number of nitrogens with one attached hydrogen (secondary N) is 2. The summed E-state index contributed by atoms with van der Waals surface area (Å²) in [6, 6.07) is 4.70. The maximum Gasteiger partial charge on any atom is 0.293 e. The van der Waals surface area contributed by atoms with Crippen LogP contribution in [0.15, 0.2) is 35.1 Å². The van der Waals surface area contributed by atoms with Crippen molar-refractivity contribution in [2.45, 2.75) is 6.54 Å². The summed E-state index contributed by atoms with van der Waals surface area (Å²) < 4.78 is 6.90. The normalized spacial score (nSPS) is 10.4. The highest BCUT2D eigenvalue weighted by molar-refractivity contribution is 9.10. The number of aromatic nitrogens is 2. The second kappa shape index (κ2) is 8.41. The Morgan fingerprint density at radius 1 is 1.50 bits per heavy atom. The predicted octanol–water partition coefficient (Wildman–Crippen LogP) is 2.06. The van der Waals surface area contributed by atoms with Crippen molar-refractivity contribution in [2.75, 3.05) is 25.6 Å². The van der Waals surface area contributed by atoms with Crippen LogP contribution < -0.4 is 10.6 Å². The Bertz CT molecular complexity index is 734. The zero-order chi connectivity index (χ0) is 17.5. The number of rotatable bonds is 8. The third-order valence-corrected chi connectivity index (χ3v) is 3.50. The molecule has 0 aliphatic heterocycles. The standard InChI is InChI=1S/C14H16BrN5O4/c1-24-5-4-16-14(21)9-19-8-11(7-17-19)18-12-3-2-10(15)6-13(12)20(22)23/h2-3,6-8,18H,4-5,9H2,1H3,(H,16,21). The monoisotopic (exact) mass is 397 g/mol. The van der Waals surface area contributed by atoms with Gasteiger partial charge in [-0.25, -0.2) is 0 Å². The SMILES string of the molecule is COCCNC(=O)Cn1cc(Nc2ccc(Br)cc2[N+](=O)[O-])cn1. The highest BCUT2D eigenvalue weighted by Gasteiger charge is 2.15. The first-order chi connectivity index (χ1) is 11.5. The molecule has 128 valence electrons. The van der Waals surface area contributed by atoms with Gasteiger partial charge in [0.05, 0.1) is 23.4 Å². The lowest BCUT2D eigenvalue weighted by Gasteiger charge is -2.05. The van der Waals surface area contributed by atoms with E-state index in [1.165, 1.54) is 16.9 Å². The summed E-state index contributed by atoms with van der Waals surface area (Å²) in [5, 5.41) is 20.8. The van der Waals surface area contributed by atoms with E-state index in [1.807, 2.05) is 0 Å². The molecule has 10 heteroatoms. The van der Waals surface area contributed by atoms with Gasteiger partial charge in [-0.2, -0.15) is 5.10 Å². The van der Waals surface area contributed by atoms with E-state index >= 15 is 0 Å². The van der Waals surface area contributed by atoms with Gasteiger partial charge in [0.1, 0.15) is 12.2 Å². The van der Waals surface area contributed by atoms with Crippen LogP contribution in [0.1, 0.15) is 0 Å². The Labute approximate surface area is 146 Å². The zero-order valence-electron chi connectivity index (χ0n) is 12.9. The summed E-state index contributed by atoms with van der Waals surface area (Å²) in [7, 11) is 1.55. The van der Waals surface area contributed by atoms with E-state index in [2.05, 4.69) is 31.7 Å². The molecule has 2 rings (SSSR count). The van der Waals surface area contributed by atoms with E-state index in [9.17, 15) is 14.9 Å². The molecule has 1 amide bonds. The molecule has 9 nitrogen and oxygen atoms in total. The van der Waals surface area contributed by atoms with Crippen LogP contribution in [0.2, 0.25) is 0 Å². The van der Waals surface area contributed by atoms with Gasteiger partial charge in [0, 0.05) is 30.4 Å². The number of ether oxygens (including phenoxy) is 1. The summed E-state index contributed by atoms with van der Waals surface area (Å²) in [6.45, 7) is 0.908. The average molecular weight is 398 g/mol. The van der Waals surface area contributed by atoms with Crippen molar-refractivity contribution in [1.82, 2.24) is 15.1 Å². The van der Waals surface area contributed by atoms with Crippen LogP contribution in [0.25, 0.3) is 0 Å². The van der Waals surface area contributed by atoms with E-state index in [4.69, 9.17) is 4.74 Å². The van der Waals surface area contributed by atoms with Gasteiger partial charge in [0.2, 0.25) is 5.91 Å². The number of halogens is 1. The maximum absolute atomic E-state index is 11.7. The number of nitro groups is 1. The third-order valence-electron chi connectivity index (χ3n) is 3.00. The number of anilines is 2. The molecule has 2 N–H and O–H groups in total. The molecule has 0 unspecified atom stereocenters. The lowest BCUT2D eigenvalue weighted by atomic mass is 10.2. The van der Waals surface area contributed by atoms with E-state index in [1.54, 1.807) is 25.4 Å². The second-order valence-electron chi connectivity index (χ2n) is 4.81. The largest absolute Gasteiger partial charge is 0.383 e. The van der Waals surface area contributed by atoms with Crippen LogP contribution in [-0.4, -0.2) is 40.9 Å². The summed E-state index contributed by atoms with van der Waals surface area (Å²) in [5.41, 5.74) is 0.826. The van der Waals surface area contributed by atoms with Crippen molar-refractivity contribution in [1.29, 1.82) is 0 Å². The third kappa shape index (κ3) is 5.03. The van der Waals surface area contributed by atoms with Crippen molar-refractivity contribution >= 4 is 38.9 Å². The Morgan fingerprint density at radius 3 is 3.00 bits per heavy atom. The van der Waals surface area contributed by atoms with Crippen LogP contribution in [0, 0.1) is 10.1 Å². The van der Waals surface area contributed by atoms with Gasteiger partial charge in [0.15, 0.2) is 0 Å². The van der Waals surface area contributed by atoms with Gasteiger partial charge in [0.25, 0.3) is 5.69 Å². The fraction of sp³-hybridized carbons (Fsp3) is 0.286. The summed E-state index contributed by atoms with van der Waals surface area (Å²) in [5.74, 6) is -0.198. The van der Waals surface area contributed by atoms with Crippen molar-refractivity contribution < 1.29 is 14.5 Å². The average Bonchev–Trinajstić information content (AvgIpc) is 2.96. The second-order valence-corrected chi connectivity index (χ2v) is 5.73. The predicted molar refractivity (Wildman–Crippen MR) is 91.2 cm³/mol. The van der Waals surface area contributed by atoms with Gasteiger partial charge >= 0.3 is 0 Å². The first kappa shape index (κ1) is 17.9. The molecule has 0 radical (unpaired) electrons. The fourth-order valence-corrected chi connectivity index (χ4v) is 2.28. The molecular weight excluding hydrogens is 382 g/mol. The number of hydrogen-bond donors (Lipinski definition) is 2. The first-order valence-electron chi connectivity index (χ1n) is 6.98. The molecule has 1 aromatic carbocycles. The minimum absolute atomic E-state index is 0.0494. The summed E-state index contributed by atoms with van der Waals surface area (Å²) in [6.07, 6.45) is 3.09. The molecule has 0 bridgehead atoms. The number of hydrogen-bond acceptors (Lipinski definition) is 6. The molecule has 0 aliphatic rings. The number of carbonyl (C=O) groups excluding carboxylic acids is 1. The summed E-state index contributed by atoms with van der Waals surface area (Å²) >= 11 is 3.21. The Kier molecular flexibility index (Phi) is 6.27. The zero-order valence-corrected chi connectivity index (χ0v) is 14.4. The molecule has 0 atom stereocenters. The van der Waals surface area contributed by atoms with E-state index < -0.39 is 4.92 Å². The summed E-state index contributed by atoms with van der Waals surface area (Å²) in [4.78, 5) is 22.3. The molecule has 0 saturated heterocycles. The van der Waals surface area contributed by atoms with Crippen molar-refractivity contribution in [3.05, 3.63) is 45.2 Å². The number of nitro benzene ring substituents is 1. The molecular formula is C14H16BrN5O4. The fourth-order valence-electron chi connectivity index (χ4n) is 1.93. The molecule has 0 aliphatic carbocycles. The van der Waals surface area contributed by atoms with Crippen LogP contribution >= 0.6 is 15.9 Å². The van der Waals surface area contributed by atoms with Gasteiger partial charge in [-0.3, -0.25) is 19.6 Å². The highest BCUT2D eigenvalue weighted by Crippen LogP contribution is 2.30. The molecule has 2 aromatic rings. The van der Waals surface area contributed by atoms with Gasteiger partial charge in [-0.15, -0.1) is 0 Å². The van der Waals surface area contributed by atoms with Crippen LogP contribution in [0.4, 0.5) is 17.1 Å². The Balaban J connectivity index is 2.01. The lowest BCUT2D eigenvalue weighted by molar-refractivity contribution is -0.384. The van der Waals surface area contributed by atoms with Crippen molar-refractivity contribution in [2.24, 2.45) is 0 Å². The van der Waals surface area contributed by atoms with Crippen molar-refractivity contribution in [3.63, 3.8) is 0 Å². The molecule has 1 aromatic heterocycles.